The molecule has 1 atom stereocenters. The standard InChI is InChI=1S/C17H17N5O3/c1-12(13-5-2-3-6-14(13)21-10-4-9-18-21)19-16(24)11-22-17(25)8-7-15(23)20-22/h2-10,12H,11H2,1H3,(H,19,24)(H,20,23). The van der Waals surface area contributed by atoms with Crippen LogP contribution in [0.5, 0.6) is 0 Å². The molecule has 0 aliphatic rings. The van der Waals surface area contributed by atoms with Gasteiger partial charge in [-0.25, -0.2) is 9.36 Å². The fourth-order valence-corrected chi connectivity index (χ4v) is 2.56. The molecule has 25 heavy (non-hydrogen) atoms. The van der Waals surface area contributed by atoms with Crippen molar-refractivity contribution in [2.75, 3.05) is 0 Å². The van der Waals surface area contributed by atoms with Crippen LogP contribution in [0.15, 0.2) is 64.4 Å². The highest BCUT2D eigenvalue weighted by Crippen LogP contribution is 2.20. The number of aromatic nitrogens is 4. The average Bonchev–Trinajstić information content (AvgIpc) is 3.12. The first kappa shape index (κ1) is 16.4. The third-order valence-corrected chi connectivity index (χ3v) is 3.72. The molecule has 2 aromatic heterocycles. The Balaban J connectivity index is 1.78. The van der Waals surface area contributed by atoms with Gasteiger partial charge in [0.1, 0.15) is 6.54 Å². The lowest BCUT2D eigenvalue weighted by molar-refractivity contribution is -0.122. The number of hydrogen-bond acceptors (Lipinski definition) is 4. The molecule has 128 valence electrons. The SMILES string of the molecule is CC(NC(=O)Cn1[nH]c(=O)ccc1=O)c1ccccc1-n1cccn1. The molecule has 1 amide bonds. The van der Waals surface area contributed by atoms with Gasteiger partial charge in [-0.2, -0.15) is 5.10 Å². The molecule has 3 rings (SSSR count). The summed E-state index contributed by atoms with van der Waals surface area (Å²) in [7, 11) is 0. The second kappa shape index (κ2) is 7.00. The van der Waals surface area contributed by atoms with Gasteiger partial charge in [-0.05, 0) is 24.6 Å². The summed E-state index contributed by atoms with van der Waals surface area (Å²) in [6, 6.07) is 11.3. The number of carbonyl (C=O) groups is 1. The number of H-pyrrole nitrogens is 1. The van der Waals surface area contributed by atoms with Crippen LogP contribution in [0.2, 0.25) is 0 Å². The van der Waals surface area contributed by atoms with Crippen LogP contribution in [0.4, 0.5) is 0 Å². The predicted octanol–water partition coefficient (Wildman–Crippen LogP) is 0.600. The van der Waals surface area contributed by atoms with Crippen molar-refractivity contribution in [1.82, 2.24) is 24.9 Å². The maximum atomic E-state index is 12.2. The molecule has 8 heteroatoms. The van der Waals surface area contributed by atoms with E-state index in [1.54, 1.807) is 10.9 Å². The lowest BCUT2D eigenvalue weighted by Gasteiger charge is -2.18. The van der Waals surface area contributed by atoms with E-state index in [-0.39, 0.29) is 18.5 Å². The number of nitrogens with zero attached hydrogens (tertiary/aromatic N) is 3. The van der Waals surface area contributed by atoms with E-state index in [0.717, 1.165) is 28.1 Å². The van der Waals surface area contributed by atoms with E-state index >= 15 is 0 Å². The number of nitrogens with one attached hydrogen (secondary N) is 2. The fraction of sp³-hybridized carbons (Fsp3) is 0.176. The van der Waals surface area contributed by atoms with E-state index in [9.17, 15) is 14.4 Å². The zero-order valence-corrected chi connectivity index (χ0v) is 13.5. The first-order valence-electron chi connectivity index (χ1n) is 7.73. The number of aromatic amines is 1. The molecule has 1 aromatic carbocycles. The summed E-state index contributed by atoms with van der Waals surface area (Å²) >= 11 is 0. The number of benzene rings is 1. The Kier molecular flexibility index (Phi) is 4.60. The van der Waals surface area contributed by atoms with Crippen LogP contribution in [-0.4, -0.2) is 25.5 Å². The Labute approximate surface area is 142 Å². The first-order chi connectivity index (χ1) is 12.0. The molecular weight excluding hydrogens is 322 g/mol. The summed E-state index contributed by atoms with van der Waals surface area (Å²) in [5, 5.41) is 9.38. The average molecular weight is 339 g/mol. The minimum atomic E-state index is -0.445. The van der Waals surface area contributed by atoms with Crippen molar-refractivity contribution in [3.8, 4) is 5.69 Å². The van der Waals surface area contributed by atoms with Crippen molar-refractivity contribution >= 4 is 5.91 Å². The van der Waals surface area contributed by atoms with Crippen LogP contribution in [0.1, 0.15) is 18.5 Å². The molecule has 0 fully saturated rings. The van der Waals surface area contributed by atoms with Gasteiger partial charge in [0.15, 0.2) is 0 Å². The Morgan fingerprint density at radius 1 is 1.20 bits per heavy atom. The highest BCUT2D eigenvalue weighted by atomic mass is 16.2. The van der Waals surface area contributed by atoms with E-state index in [2.05, 4.69) is 15.5 Å². The maximum absolute atomic E-state index is 12.2. The summed E-state index contributed by atoms with van der Waals surface area (Å²) in [6.45, 7) is 1.58. The smallest absolute Gasteiger partial charge is 0.265 e. The first-order valence-corrected chi connectivity index (χ1v) is 7.73. The number of rotatable bonds is 5. The van der Waals surface area contributed by atoms with Crippen molar-refractivity contribution < 1.29 is 4.79 Å². The number of carbonyl (C=O) groups excluding carboxylic acids is 1. The lowest BCUT2D eigenvalue weighted by atomic mass is 10.1. The van der Waals surface area contributed by atoms with Crippen LogP contribution >= 0.6 is 0 Å². The minimum Gasteiger partial charge on any atom is -0.348 e. The molecule has 0 bridgehead atoms. The summed E-state index contributed by atoms with van der Waals surface area (Å²) < 4.78 is 2.70. The molecule has 0 radical (unpaired) electrons. The molecular formula is C17H17N5O3. The van der Waals surface area contributed by atoms with Crippen LogP contribution in [0, 0.1) is 0 Å². The molecule has 3 aromatic rings. The monoisotopic (exact) mass is 339 g/mol. The fourth-order valence-electron chi connectivity index (χ4n) is 2.56. The summed E-state index contributed by atoms with van der Waals surface area (Å²) in [5.41, 5.74) is 0.850. The maximum Gasteiger partial charge on any atom is 0.265 e. The third-order valence-electron chi connectivity index (χ3n) is 3.72. The lowest BCUT2D eigenvalue weighted by Crippen LogP contribution is -2.37. The van der Waals surface area contributed by atoms with E-state index in [4.69, 9.17) is 0 Å². The van der Waals surface area contributed by atoms with Crippen molar-refractivity contribution in [3.05, 3.63) is 81.1 Å². The molecule has 0 aliphatic heterocycles. The van der Waals surface area contributed by atoms with Gasteiger partial charge in [0.05, 0.1) is 11.7 Å². The van der Waals surface area contributed by atoms with Gasteiger partial charge in [0, 0.05) is 24.5 Å². The van der Waals surface area contributed by atoms with Gasteiger partial charge in [0.2, 0.25) is 5.91 Å². The molecule has 0 aliphatic carbocycles. The van der Waals surface area contributed by atoms with Crippen LogP contribution in [0.25, 0.3) is 5.69 Å². The predicted molar refractivity (Wildman–Crippen MR) is 91.4 cm³/mol. The van der Waals surface area contributed by atoms with Gasteiger partial charge in [-0.1, -0.05) is 18.2 Å². The van der Waals surface area contributed by atoms with Gasteiger partial charge in [-0.3, -0.25) is 19.5 Å². The van der Waals surface area contributed by atoms with E-state index in [1.807, 2.05) is 43.5 Å². The molecule has 0 saturated heterocycles. The number of para-hydroxylation sites is 1. The molecule has 2 heterocycles. The van der Waals surface area contributed by atoms with Gasteiger partial charge in [0.25, 0.3) is 11.1 Å². The zero-order valence-electron chi connectivity index (χ0n) is 13.5. The Morgan fingerprint density at radius 2 is 2.00 bits per heavy atom. The third kappa shape index (κ3) is 3.74. The highest BCUT2D eigenvalue weighted by molar-refractivity contribution is 5.76. The van der Waals surface area contributed by atoms with Gasteiger partial charge >= 0.3 is 0 Å². The summed E-state index contributed by atoms with van der Waals surface area (Å²) in [4.78, 5) is 35.2. The highest BCUT2D eigenvalue weighted by Gasteiger charge is 2.15. The Bertz CT molecular complexity index is 988. The zero-order chi connectivity index (χ0) is 17.8. The second-order valence-corrected chi connectivity index (χ2v) is 5.53. The summed E-state index contributed by atoms with van der Waals surface area (Å²) in [6.07, 6.45) is 3.50. The van der Waals surface area contributed by atoms with E-state index in [1.165, 1.54) is 0 Å². The summed E-state index contributed by atoms with van der Waals surface area (Å²) in [5.74, 6) is -0.383. The minimum absolute atomic E-state index is 0.261. The molecule has 0 saturated carbocycles. The van der Waals surface area contributed by atoms with Crippen molar-refractivity contribution in [2.45, 2.75) is 19.5 Å². The second-order valence-electron chi connectivity index (χ2n) is 5.53. The van der Waals surface area contributed by atoms with Gasteiger partial charge < -0.3 is 5.32 Å². The van der Waals surface area contributed by atoms with Crippen LogP contribution < -0.4 is 16.4 Å². The van der Waals surface area contributed by atoms with Crippen molar-refractivity contribution in [2.24, 2.45) is 0 Å². The topological polar surface area (TPSA) is 102 Å². The van der Waals surface area contributed by atoms with E-state index in [0.29, 0.717) is 0 Å². The molecule has 8 nitrogen and oxygen atoms in total. The van der Waals surface area contributed by atoms with E-state index < -0.39 is 11.1 Å². The normalized spacial score (nSPS) is 11.9. The Hall–Kier alpha value is -3.42. The number of hydrogen-bond donors (Lipinski definition) is 2. The molecule has 1 unspecified atom stereocenters. The van der Waals surface area contributed by atoms with Crippen LogP contribution in [0.3, 0.4) is 0 Å². The molecule has 2 N–H and O–H groups in total. The quantitative estimate of drug-likeness (QED) is 0.710. The van der Waals surface area contributed by atoms with Crippen molar-refractivity contribution in [1.29, 1.82) is 0 Å². The van der Waals surface area contributed by atoms with Gasteiger partial charge in [-0.15, -0.1) is 0 Å². The van der Waals surface area contributed by atoms with Crippen molar-refractivity contribution in [3.63, 3.8) is 0 Å². The number of amides is 1. The Morgan fingerprint density at radius 3 is 2.76 bits per heavy atom. The van der Waals surface area contributed by atoms with Crippen LogP contribution in [-0.2, 0) is 11.3 Å². The largest absolute Gasteiger partial charge is 0.348 e. The molecule has 0 spiro atoms.